The third-order valence-electron chi connectivity index (χ3n) is 4.38. The van der Waals surface area contributed by atoms with Crippen molar-refractivity contribution in [2.75, 3.05) is 13.1 Å². The van der Waals surface area contributed by atoms with Crippen molar-refractivity contribution >= 4 is 5.91 Å². The van der Waals surface area contributed by atoms with Gasteiger partial charge in [0.25, 0.3) is 0 Å². The van der Waals surface area contributed by atoms with Crippen LogP contribution in [0.4, 0.5) is 0 Å². The molecule has 0 aromatic carbocycles. The van der Waals surface area contributed by atoms with Gasteiger partial charge < -0.3 is 5.32 Å². The molecular formula is C16H23N7O. The summed E-state index contributed by atoms with van der Waals surface area (Å²) in [7, 11) is 0. The number of likely N-dealkylation sites (tertiary alicyclic amines) is 1. The molecule has 1 aliphatic rings. The second kappa shape index (κ2) is 7.96. The van der Waals surface area contributed by atoms with E-state index >= 15 is 0 Å². The summed E-state index contributed by atoms with van der Waals surface area (Å²) in [4.78, 5) is 18.4. The maximum absolute atomic E-state index is 12.1. The third kappa shape index (κ3) is 4.58. The molecule has 2 aromatic rings. The number of hydrogen-bond acceptors (Lipinski definition) is 6. The van der Waals surface area contributed by atoms with Crippen LogP contribution in [0.15, 0.2) is 24.5 Å². The van der Waals surface area contributed by atoms with Gasteiger partial charge in [-0.1, -0.05) is 6.92 Å². The van der Waals surface area contributed by atoms with E-state index in [4.69, 9.17) is 0 Å². The quantitative estimate of drug-likeness (QED) is 0.835. The number of pyridine rings is 1. The number of carbonyl (C=O) groups is 1. The predicted octanol–water partition coefficient (Wildman–Crippen LogP) is 0.616. The molecule has 0 unspecified atom stereocenters. The van der Waals surface area contributed by atoms with E-state index in [1.165, 1.54) is 12.8 Å². The number of rotatable bonds is 6. The highest BCUT2D eigenvalue weighted by molar-refractivity contribution is 5.75. The van der Waals surface area contributed by atoms with Gasteiger partial charge in [0, 0.05) is 18.9 Å². The zero-order chi connectivity index (χ0) is 16.8. The minimum atomic E-state index is -0.104. The molecule has 8 nitrogen and oxygen atoms in total. The molecule has 1 fully saturated rings. The zero-order valence-electron chi connectivity index (χ0n) is 13.9. The van der Waals surface area contributed by atoms with Gasteiger partial charge in [-0.15, -0.1) is 5.10 Å². The fraction of sp³-hybridized carbons (Fsp3) is 0.562. The molecule has 0 spiro atoms. The molecule has 24 heavy (non-hydrogen) atoms. The van der Waals surface area contributed by atoms with Crippen molar-refractivity contribution in [1.82, 2.24) is 35.4 Å². The topological polar surface area (TPSA) is 88.8 Å². The number of amides is 1. The van der Waals surface area contributed by atoms with Crippen LogP contribution in [0.25, 0.3) is 0 Å². The summed E-state index contributed by atoms with van der Waals surface area (Å²) in [6.07, 6.45) is 5.82. The van der Waals surface area contributed by atoms with Crippen molar-refractivity contribution in [3.63, 3.8) is 0 Å². The second-order valence-corrected chi connectivity index (χ2v) is 6.34. The lowest BCUT2D eigenvalue weighted by molar-refractivity contribution is -0.122. The molecule has 0 bridgehead atoms. The number of aromatic nitrogens is 5. The molecule has 3 rings (SSSR count). The molecule has 2 aromatic heterocycles. The summed E-state index contributed by atoms with van der Waals surface area (Å²) in [5.74, 6) is 1.42. The Hall–Kier alpha value is -2.35. The van der Waals surface area contributed by atoms with Gasteiger partial charge in [0.2, 0.25) is 5.91 Å². The third-order valence-corrected chi connectivity index (χ3v) is 4.38. The average Bonchev–Trinajstić information content (AvgIpc) is 3.03. The van der Waals surface area contributed by atoms with Gasteiger partial charge in [-0.05, 0) is 60.0 Å². The first-order chi connectivity index (χ1) is 11.7. The molecule has 0 aliphatic carbocycles. The minimum Gasteiger partial charge on any atom is -0.350 e. The highest BCUT2D eigenvalue weighted by Gasteiger charge is 2.19. The summed E-state index contributed by atoms with van der Waals surface area (Å²) in [5, 5.41) is 14.6. The normalized spacial score (nSPS) is 16.2. The van der Waals surface area contributed by atoms with Crippen molar-refractivity contribution in [2.24, 2.45) is 5.92 Å². The first-order valence-electron chi connectivity index (χ1n) is 8.33. The van der Waals surface area contributed by atoms with Gasteiger partial charge >= 0.3 is 0 Å². The second-order valence-electron chi connectivity index (χ2n) is 6.34. The Morgan fingerprint density at radius 1 is 1.29 bits per heavy atom. The van der Waals surface area contributed by atoms with E-state index < -0.39 is 0 Å². The Bertz CT molecular complexity index is 649. The van der Waals surface area contributed by atoms with Crippen LogP contribution in [0, 0.1) is 5.92 Å². The molecule has 1 aliphatic heterocycles. The number of carbonyl (C=O) groups excluding carboxylic acids is 1. The molecule has 8 heteroatoms. The molecule has 1 saturated heterocycles. The molecule has 3 heterocycles. The van der Waals surface area contributed by atoms with Crippen molar-refractivity contribution in [3.8, 4) is 0 Å². The monoisotopic (exact) mass is 329 g/mol. The highest BCUT2D eigenvalue weighted by Crippen LogP contribution is 2.17. The SMILES string of the molecule is CC1CCN(Cc2nnnn2CC(=O)NCc2ccncc2)CC1. The molecule has 1 amide bonds. The fourth-order valence-corrected chi connectivity index (χ4v) is 2.77. The molecule has 128 valence electrons. The lowest BCUT2D eigenvalue weighted by atomic mass is 9.99. The summed E-state index contributed by atoms with van der Waals surface area (Å²) < 4.78 is 1.58. The minimum absolute atomic E-state index is 0.104. The lowest BCUT2D eigenvalue weighted by Crippen LogP contribution is -2.34. The van der Waals surface area contributed by atoms with Gasteiger partial charge in [0.1, 0.15) is 6.54 Å². The van der Waals surface area contributed by atoms with Gasteiger partial charge in [-0.25, -0.2) is 4.68 Å². The van der Waals surface area contributed by atoms with Crippen molar-refractivity contribution in [2.45, 2.75) is 39.4 Å². The Morgan fingerprint density at radius 2 is 2.04 bits per heavy atom. The summed E-state index contributed by atoms with van der Waals surface area (Å²) >= 11 is 0. The average molecular weight is 329 g/mol. The standard InChI is InChI=1S/C16H23N7O/c1-13-4-8-22(9-5-13)11-15-19-20-21-23(15)12-16(24)18-10-14-2-6-17-7-3-14/h2-3,6-7,13H,4-5,8-12H2,1H3,(H,18,24). The van der Waals surface area contributed by atoms with Crippen LogP contribution < -0.4 is 5.32 Å². The summed E-state index contributed by atoms with van der Waals surface area (Å²) in [6.45, 7) is 5.71. The Labute approximate surface area is 141 Å². The first-order valence-corrected chi connectivity index (χ1v) is 8.33. The smallest absolute Gasteiger partial charge is 0.242 e. The molecule has 1 N–H and O–H groups in total. The predicted molar refractivity (Wildman–Crippen MR) is 87.6 cm³/mol. The van der Waals surface area contributed by atoms with Crippen LogP contribution in [0.2, 0.25) is 0 Å². The van der Waals surface area contributed by atoms with E-state index in [0.717, 1.165) is 30.4 Å². The van der Waals surface area contributed by atoms with Gasteiger partial charge in [0.15, 0.2) is 5.82 Å². The Morgan fingerprint density at radius 3 is 2.79 bits per heavy atom. The zero-order valence-corrected chi connectivity index (χ0v) is 13.9. The van der Waals surface area contributed by atoms with E-state index in [-0.39, 0.29) is 12.5 Å². The molecule has 0 saturated carbocycles. The summed E-state index contributed by atoms with van der Waals surface area (Å²) in [6, 6.07) is 3.75. The van der Waals surface area contributed by atoms with Gasteiger partial charge in [0.05, 0.1) is 6.54 Å². The van der Waals surface area contributed by atoms with E-state index in [9.17, 15) is 4.79 Å². The highest BCUT2D eigenvalue weighted by atomic mass is 16.2. The van der Waals surface area contributed by atoms with Gasteiger partial charge in [-0.2, -0.15) is 0 Å². The van der Waals surface area contributed by atoms with Crippen molar-refractivity contribution < 1.29 is 4.79 Å². The van der Waals surface area contributed by atoms with E-state index in [0.29, 0.717) is 13.1 Å². The largest absolute Gasteiger partial charge is 0.350 e. The molecular weight excluding hydrogens is 306 g/mol. The number of piperidine rings is 1. The number of tetrazole rings is 1. The summed E-state index contributed by atoms with van der Waals surface area (Å²) in [5.41, 5.74) is 1.01. The van der Waals surface area contributed by atoms with Crippen LogP contribution in [0.3, 0.4) is 0 Å². The lowest BCUT2D eigenvalue weighted by Gasteiger charge is -2.29. The molecule has 0 radical (unpaired) electrons. The van der Waals surface area contributed by atoms with E-state index in [1.807, 2.05) is 12.1 Å². The van der Waals surface area contributed by atoms with E-state index in [2.05, 4.69) is 37.6 Å². The van der Waals surface area contributed by atoms with Gasteiger partial charge in [-0.3, -0.25) is 14.7 Å². The Kier molecular flexibility index (Phi) is 5.47. The fourth-order valence-electron chi connectivity index (χ4n) is 2.77. The van der Waals surface area contributed by atoms with E-state index in [1.54, 1.807) is 17.1 Å². The maximum Gasteiger partial charge on any atom is 0.242 e. The number of nitrogens with zero attached hydrogens (tertiary/aromatic N) is 6. The Balaban J connectivity index is 1.50. The van der Waals surface area contributed by atoms with Crippen LogP contribution >= 0.6 is 0 Å². The van der Waals surface area contributed by atoms with Crippen molar-refractivity contribution in [3.05, 3.63) is 35.9 Å². The number of hydrogen-bond donors (Lipinski definition) is 1. The maximum atomic E-state index is 12.1. The van der Waals surface area contributed by atoms with Crippen LogP contribution in [-0.2, 0) is 24.4 Å². The van der Waals surface area contributed by atoms with Crippen LogP contribution in [0.5, 0.6) is 0 Å². The van der Waals surface area contributed by atoms with Crippen LogP contribution in [-0.4, -0.2) is 49.1 Å². The van der Waals surface area contributed by atoms with Crippen LogP contribution in [0.1, 0.15) is 31.2 Å². The molecule has 0 atom stereocenters. The van der Waals surface area contributed by atoms with Crippen molar-refractivity contribution in [1.29, 1.82) is 0 Å². The first kappa shape index (κ1) is 16.5. The number of nitrogens with one attached hydrogen (secondary N) is 1.